The smallest absolute Gasteiger partial charge is 0.261 e. The number of phenolic OH excluding ortho intramolecular Hbond substituents is 1. The fourth-order valence-corrected chi connectivity index (χ4v) is 3.45. The number of amides is 2. The van der Waals surface area contributed by atoms with Crippen molar-refractivity contribution in [1.82, 2.24) is 10.2 Å². The van der Waals surface area contributed by atoms with Gasteiger partial charge >= 0.3 is 0 Å². The largest absolute Gasteiger partial charge is 0.508 e. The maximum Gasteiger partial charge on any atom is 0.261 e. The minimum atomic E-state index is -0.269. The Morgan fingerprint density at radius 2 is 1.74 bits per heavy atom. The van der Waals surface area contributed by atoms with Crippen LogP contribution in [-0.2, 0) is 6.42 Å². The Labute approximate surface area is 133 Å². The quantitative estimate of drug-likeness (QED) is 0.831. The molecule has 1 atom stereocenters. The summed E-state index contributed by atoms with van der Waals surface area (Å²) >= 11 is 0. The fraction of sp³-hybridized carbons (Fsp3) is 0.222. The van der Waals surface area contributed by atoms with Gasteiger partial charge in [0.1, 0.15) is 5.75 Å². The van der Waals surface area contributed by atoms with E-state index in [4.69, 9.17) is 0 Å². The lowest BCUT2D eigenvalue weighted by molar-refractivity contribution is 0.0636. The zero-order chi connectivity index (χ0) is 16.0. The van der Waals surface area contributed by atoms with E-state index in [1.807, 2.05) is 12.1 Å². The van der Waals surface area contributed by atoms with Crippen LogP contribution in [0.5, 0.6) is 5.75 Å². The summed E-state index contributed by atoms with van der Waals surface area (Å²) in [5.74, 6) is -0.332. The first-order valence-corrected chi connectivity index (χ1v) is 7.66. The molecule has 5 nitrogen and oxygen atoms in total. The SMILES string of the molecule is O=C1c2ccccc2C(=O)N1C[C@H]1NCCc2cccc(O)c21. The van der Waals surface area contributed by atoms with Gasteiger partial charge in [-0.25, -0.2) is 0 Å². The molecular weight excluding hydrogens is 292 g/mol. The second-order valence-corrected chi connectivity index (χ2v) is 5.87. The topological polar surface area (TPSA) is 69.6 Å². The fourth-order valence-electron chi connectivity index (χ4n) is 3.45. The highest BCUT2D eigenvalue weighted by Crippen LogP contribution is 2.33. The predicted octanol–water partition coefficient (Wildman–Crippen LogP) is 1.88. The molecule has 0 radical (unpaired) electrons. The van der Waals surface area contributed by atoms with E-state index in [-0.39, 0.29) is 30.2 Å². The van der Waals surface area contributed by atoms with Crippen molar-refractivity contribution in [2.75, 3.05) is 13.1 Å². The number of carbonyl (C=O) groups excluding carboxylic acids is 2. The van der Waals surface area contributed by atoms with Crippen LogP contribution < -0.4 is 5.32 Å². The van der Waals surface area contributed by atoms with Crippen LogP contribution in [0.1, 0.15) is 37.9 Å². The molecule has 4 rings (SSSR count). The zero-order valence-electron chi connectivity index (χ0n) is 12.5. The molecule has 0 aliphatic carbocycles. The number of nitrogens with one attached hydrogen (secondary N) is 1. The molecule has 0 unspecified atom stereocenters. The van der Waals surface area contributed by atoms with Gasteiger partial charge in [0, 0.05) is 12.1 Å². The van der Waals surface area contributed by atoms with Gasteiger partial charge in [-0.15, -0.1) is 0 Å². The molecule has 2 heterocycles. The van der Waals surface area contributed by atoms with Crippen molar-refractivity contribution in [2.45, 2.75) is 12.5 Å². The molecule has 2 aromatic rings. The van der Waals surface area contributed by atoms with Crippen LogP contribution in [0.2, 0.25) is 0 Å². The number of nitrogens with zero attached hydrogens (tertiary/aromatic N) is 1. The Kier molecular flexibility index (Phi) is 3.16. The number of phenols is 1. The van der Waals surface area contributed by atoms with Crippen molar-refractivity contribution in [2.24, 2.45) is 0 Å². The summed E-state index contributed by atoms with van der Waals surface area (Å²) in [5.41, 5.74) is 2.75. The molecule has 2 aromatic carbocycles. The van der Waals surface area contributed by atoms with E-state index in [0.29, 0.717) is 11.1 Å². The van der Waals surface area contributed by atoms with Crippen molar-refractivity contribution in [3.05, 3.63) is 64.7 Å². The minimum absolute atomic E-state index is 0.205. The number of imide groups is 1. The maximum absolute atomic E-state index is 12.5. The molecule has 0 saturated carbocycles. The molecule has 0 aromatic heterocycles. The Hall–Kier alpha value is -2.66. The second-order valence-electron chi connectivity index (χ2n) is 5.87. The summed E-state index contributed by atoms with van der Waals surface area (Å²) in [6, 6.07) is 12.1. The number of fused-ring (bicyclic) bond motifs is 2. The van der Waals surface area contributed by atoms with Crippen LogP contribution >= 0.6 is 0 Å². The molecule has 0 fully saturated rings. The van der Waals surface area contributed by atoms with Crippen molar-refractivity contribution < 1.29 is 14.7 Å². The third kappa shape index (κ3) is 2.12. The number of rotatable bonds is 2. The highest BCUT2D eigenvalue weighted by Gasteiger charge is 2.37. The third-order valence-electron chi connectivity index (χ3n) is 4.55. The van der Waals surface area contributed by atoms with Gasteiger partial charge in [0.15, 0.2) is 0 Å². The van der Waals surface area contributed by atoms with Gasteiger partial charge in [-0.1, -0.05) is 24.3 Å². The van der Waals surface area contributed by atoms with Gasteiger partial charge in [0.05, 0.1) is 17.2 Å². The Bertz CT molecular complexity index is 781. The van der Waals surface area contributed by atoms with E-state index in [1.165, 1.54) is 4.90 Å². The van der Waals surface area contributed by atoms with Gasteiger partial charge in [0.2, 0.25) is 0 Å². The highest BCUT2D eigenvalue weighted by atomic mass is 16.3. The molecular formula is C18H16N2O3. The monoisotopic (exact) mass is 308 g/mol. The minimum Gasteiger partial charge on any atom is -0.508 e. The Morgan fingerprint density at radius 1 is 1.04 bits per heavy atom. The van der Waals surface area contributed by atoms with Crippen LogP contribution in [0.15, 0.2) is 42.5 Å². The summed E-state index contributed by atoms with van der Waals surface area (Å²) in [4.78, 5) is 26.3. The summed E-state index contributed by atoms with van der Waals surface area (Å²) in [7, 11) is 0. The normalized spacial score (nSPS) is 19.7. The number of carbonyl (C=O) groups is 2. The lowest BCUT2D eigenvalue weighted by atomic mass is 9.93. The van der Waals surface area contributed by atoms with Crippen LogP contribution in [0.25, 0.3) is 0 Å². The average Bonchev–Trinajstić information content (AvgIpc) is 2.81. The standard InChI is InChI=1S/C18H16N2O3/c21-15-7-3-4-11-8-9-19-14(16(11)15)10-20-17(22)12-5-1-2-6-13(12)18(20)23/h1-7,14,19,21H,8-10H2/t14-/m1/s1. The zero-order valence-corrected chi connectivity index (χ0v) is 12.5. The summed E-state index contributed by atoms with van der Waals surface area (Å²) < 4.78 is 0. The van der Waals surface area contributed by atoms with Gasteiger partial charge < -0.3 is 10.4 Å². The molecule has 0 saturated heterocycles. The number of hydrogen-bond acceptors (Lipinski definition) is 4. The van der Waals surface area contributed by atoms with E-state index >= 15 is 0 Å². The lowest BCUT2D eigenvalue weighted by Crippen LogP contribution is -2.41. The third-order valence-corrected chi connectivity index (χ3v) is 4.55. The van der Waals surface area contributed by atoms with Crippen molar-refractivity contribution in [1.29, 1.82) is 0 Å². The predicted molar refractivity (Wildman–Crippen MR) is 84.4 cm³/mol. The van der Waals surface area contributed by atoms with Crippen LogP contribution in [0.4, 0.5) is 0 Å². The van der Waals surface area contributed by atoms with Crippen LogP contribution in [-0.4, -0.2) is 34.9 Å². The van der Waals surface area contributed by atoms with Gasteiger partial charge in [-0.2, -0.15) is 0 Å². The maximum atomic E-state index is 12.5. The van der Waals surface area contributed by atoms with Crippen LogP contribution in [0, 0.1) is 0 Å². The first-order valence-electron chi connectivity index (χ1n) is 7.66. The van der Waals surface area contributed by atoms with E-state index in [9.17, 15) is 14.7 Å². The van der Waals surface area contributed by atoms with E-state index < -0.39 is 0 Å². The molecule has 2 N–H and O–H groups in total. The van der Waals surface area contributed by atoms with Crippen molar-refractivity contribution in [3.8, 4) is 5.75 Å². The van der Waals surface area contributed by atoms with E-state index in [1.54, 1.807) is 30.3 Å². The number of aromatic hydroxyl groups is 1. The average molecular weight is 308 g/mol. The van der Waals surface area contributed by atoms with E-state index in [0.717, 1.165) is 24.1 Å². The van der Waals surface area contributed by atoms with Gasteiger partial charge in [-0.3, -0.25) is 14.5 Å². The first kappa shape index (κ1) is 14.0. The molecule has 5 heteroatoms. The van der Waals surface area contributed by atoms with Gasteiger partial charge in [-0.05, 0) is 36.7 Å². The molecule has 0 spiro atoms. The molecule has 2 amide bonds. The lowest BCUT2D eigenvalue weighted by Gasteiger charge is -2.30. The van der Waals surface area contributed by atoms with Crippen LogP contribution in [0.3, 0.4) is 0 Å². The molecule has 23 heavy (non-hydrogen) atoms. The van der Waals surface area contributed by atoms with Crippen molar-refractivity contribution in [3.63, 3.8) is 0 Å². The van der Waals surface area contributed by atoms with Crippen molar-refractivity contribution >= 4 is 11.8 Å². The number of benzene rings is 2. The van der Waals surface area contributed by atoms with Gasteiger partial charge in [0.25, 0.3) is 11.8 Å². The first-order chi connectivity index (χ1) is 11.2. The van der Waals surface area contributed by atoms with E-state index in [2.05, 4.69) is 5.32 Å². The summed E-state index contributed by atoms with van der Waals surface area (Å²) in [6.07, 6.45) is 0.822. The second kappa shape index (κ2) is 5.21. The summed E-state index contributed by atoms with van der Waals surface area (Å²) in [5, 5.41) is 13.5. The molecule has 2 aliphatic rings. The molecule has 2 aliphatic heterocycles. The number of hydrogen-bond donors (Lipinski definition) is 2. The summed E-state index contributed by atoms with van der Waals surface area (Å²) in [6.45, 7) is 0.973. The highest BCUT2D eigenvalue weighted by molar-refractivity contribution is 6.21. The Morgan fingerprint density at radius 3 is 2.43 bits per heavy atom. The molecule has 0 bridgehead atoms. The molecule has 116 valence electrons. The Balaban J connectivity index is 1.67.